The van der Waals surface area contributed by atoms with E-state index in [0.29, 0.717) is 58.9 Å². The monoisotopic (exact) mass is 714 g/mol. The topological polar surface area (TPSA) is 86.6 Å². The maximum atomic E-state index is 15.1. The number of halogens is 3. The molecule has 44 heavy (non-hydrogen) atoms. The highest BCUT2D eigenvalue weighted by Crippen LogP contribution is 2.37. The molecule has 1 amide bonds. The molecule has 8 nitrogen and oxygen atoms in total. The first-order chi connectivity index (χ1) is 20.6. The van der Waals surface area contributed by atoms with Crippen LogP contribution in [0, 0.1) is 11.6 Å². The van der Waals surface area contributed by atoms with Gasteiger partial charge in [-0.25, -0.2) is 18.6 Å². The van der Waals surface area contributed by atoms with E-state index < -0.39 is 37.2 Å². The minimum atomic E-state index is -1.22. The lowest BCUT2D eigenvalue weighted by Crippen LogP contribution is -2.34. The third-order valence-electron chi connectivity index (χ3n) is 5.88. The van der Waals surface area contributed by atoms with E-state index in [1.54, 1.807) is 26.8 Å². The first kappa shape index (κ1) is 37.6. The van der Waals surface area contributed by atoms with Crippen molar-refractivity contribution in [2.45, 2.75) is 85.5 Å². The lowest BCUT2D eigenvalue weighted by molar-refractivity contribution is 0.0527. The number of nitrogens with one attached hydrogen (secondary N) is 2. The van der Waals surface area contributed by atoms with Crippen molar-refractivity contribution in [3.8, 4) is 11.5 Å². The van der Waals surface area contributed by atoms with Gasteiger partial charge >= 0.3 is 6.09 Å². The standard InChI is InChI=1S/C29H39BrF2N4O4SSi.C2H6/c1-29(2,3)40-28(37)35-10-7-9-33-24(41)16-19-14-21(31)26(22(32)15-19)39-23-8-11-34-27-25(23)20(30)17-36(27)18-38-12-13-42(4,5)6;1-2/h8,11,14-15,17H,7,9-10,12-13,16,18H2,1-6H3,(H,33,41)(H,35,37);1-2H3. The van der Waals surface area contributed by atoms with Crippen molar-refractivity contribution in [2.24, 2.45) is 0 Å². The Morgan fingerprint density at radius 3 is 2.36 bits per heavy atom. The molecule has 0 spiro atoms. The molecule has 2 heterocycles. The Bertz CT molecular complexity index is 1390. The van der Waals surface area contributed by atoms with E-state index in [4.69, 9.17) is 26.4 Å². The molecular weight excluding hydrogens is 670 g/mol. The van der Waals surface area contributed by atoms with E-state index in [1.165, 1.54) is 18.3 Å². The molecule has 0 saturated heterocycles. The van der Waals surface area contributed by atoms with Crippen LogP contribution in [0.5, 0.6) is 11.5 Å². The smallest absolute Gasteiger partial charge is 0.407 e. The van der Waals surface area contributed by atoms with Crippen molar-refractivity contribution >= 4 is 58.3 Å². The van der Waals surface area contributed by atoms with Crippen LogP contribution in [0.1, 0.15) is 46.6 Å². The van der Waals surface area contributed by atoms with Gasteiger partial charge in [0.05, 0.1) is 10.4 Å². The van der Waals surface area contributed by atoms with E-state index >= 15 is 8.78 Å². The van der Waals surface area contributed by atoms with Crippen LogP contribution in [0.15, 0.2) is 35.1 Å². The average molecular weight is 716 g/mol. The number of carbonyl (C=O) groups excluding carboxylic acids is 1. The quantitative estimate of drug-likeness (QED) is 0.104. The molecule has 0 unspecified atom stereocenters. The van der Waals surface area contributed by atoms with Crippen LogP contribution in [0.3, 0.4) is 0 Å². The molecule has 2 aromatic heterocycles. The molecule has 0 atom stereocenters. The third kappa shape index (κ3) is 12.4. The van der Waals surface area contributed by atoms with Crippen LogP contribution in [0.25, 0.3) is 11.0 Å². The van der Waals surface area contributed by atoms with Gasteiger partial charge in [0.25, 0.3) is 0 Å². The fourth-order valence-corrected chi connectivity index (χ4v) is 5.50. The molecule has 0 saturated carbocycles. The van der Waals surface area contributed by atoms with Gasteiger partial charge < -0.3 is 29.4 Å². The van der Waals surface area contributed by atoms with E-state index in [-0.39, 0.29) is 12.2 Å². The van der Waals surface area contributed by atoms with Gasteiger partial charge in [-0.3, -0.25) is 0 Å². The predicted octanol–water partition coefficient (Wildman–Crippen LogP) is 8.58. The van der Waals surface area contributed by atoms with Crippen molar-refractivity contribution in [3.63, 3.8) is 0 Å². The van der Waals surface area contributed by atoms with Crippen LogP contribution >= 0.6 is 28.1 Å². The summed E-state index contributed by atoms with van der Waals surface area (Å²) in [6.07, 6.45) is 3.60. The van der Waals surface area contributed by atoms with Crippen LogP contribution in [0.2, 0.25) is 25.7 Å². The molecule has 0 aliphatic heterocycles. The second-order valence-electron chi connectivity index (χ2n) is 12.1. The van der Waals surface area contributed by atoms with Crippen LogP contribution in [-0.4, -0.2) is 54.0 Å². The number of pyridine rings is 1. The van der Waals surface area contributed by atoms with E-state index in [2.05, 4.69) is 51.2 Å². The van der Waals surface area contributed by atoms with E-state index in [0.717, 1.165) is 6.04 Å². The van der Waals surface area contributed by atoms with Gasteiger partial charge in [0, 0.05) is 51.1 Å². The number of fused-ring (bicyclic) bond motifs is 1. The summed E-state index contributed by atoms with van der Waals surface area (Å²) in [7, 11) is -1.22. The zero-order valence-corrected chi connectivity index (χ0v) is 30.3. The summed E-state index contributed by atoms with van der Waals surface area (Å²) in [6.45, 7) is 18.1. The summed E-state index contributed by atoms with van der Waals surface area (Å²) in [6, 6.07) is 5.02. The maximum absolute atomic E-state index is 15.1. The van der Waals surface area contributed by atoms with Crippen LogP contribution < -0.4 is 15.4 Å². The lowest BCUT2D eigenvalue weighted by Gasteiger charge is -2.19. The maximum Gasteiger partial charge on any atom is 0.407 e. The zero-order valence-electron chi connectivity index (χ0n) is 26.9. The molecule has 0 radical (unpaired) electrons. The van der Waals surface area contributed by atoms with Gasteiger partial charge in [-0.1, -0.05) is 45.7 Å². The number of hydrogen-bond acceptors (Lipinski definition) is 6. The molecule has 0 aliphatic carbocycles. The summed E-state index contributed by atoms with van der Waals surface area (Å²) in [5, 5.41) is 6.29. The Hall–Kier alpha value is -2.61. The highest BCUT2D eigenvalue weighted by atomic mass is 79.9. The largest absolute Gasteiger partial charge is 0.450 e. The summed E-state index contributed by atoms with van der Waals surface area (Å²) >= 11 is 8.86. The summed E-state index contributed by atoms with van der Waals surface area (Å²) < 4.78 is 49.4. The molecule has 0 bridgehead atoms. The molecule has 13 heteroatoms. The molecular formula is C31H45BrF2N4O4SSi. The highest BCUT2D eigenvalue weighted by Gasteiger charge is 2.20. The number of benzene rings is 1. The Labute approximate surface area is 274 Å². The minimum Gasteiger partial charge on any atom is -0.450 e. The van der Waals surface area contributed by atoms with Gasteiger partial charge in [0.15, 0.2) is 17.4 Å². The Kier molecular flexibility index (Phi) is 14.7. The van der Waals surface area contributed by atoms with Crippen molar-refractivity contribution in [1.29, 1.82) is 0 Å². The van der Waals surface area contributed by atoms with E-state index in [1.807, 2.05) is 24.6 Å². The molecule has 244 valence electrons. The normalized spacial score (nSPS) is 11.5. The van der Waals surface area contributed by atoms with Gasteiger partial charge in [0.1, 0.15) is 23.7 Å². The fraction of sp³-hybridized carbons (Fsp3) is 0.516. The molecule has 2 N–H and O–H groups in total. The fourth-order valence-electron chi connectivity index (χ4n) is 3.85. The number of nitrogens with zero attached hydrogens (tertiary/aromatic N) is 2. The summed E-state index contributed by atoms with van der Waals surface area (Å²) in [5.41, 5.74) is 0.372. The Balaban J connectivity index is 0.00000330. The molecule has 1 aromatic carbocycles. The second-order valence-corrected chi connectivity index (χ2v) is 19.1. The average Bonchev–Trinajstić information content (AvgIpc) is 3.24. The zero-order chi connectivity index (χ0) is 33.1. The number of ether oxygens (including phenoxy) is 3. The number of aromatic nitrogens is 2. The highest BCUT2D eigenvalue weighted by molar-refractivity contribution is 9.10. The predicted molar refractivity (Wildman–Crippen MR) is 182 cm³/mol. The SMILES string of the molecule is CC.CC(C)(C)OC(=O)NCCCNC(=S)Cc1cc(F)c(Oc2ccnc3c2c(Br)cn3COCC[Si](C)(C)C)c(F)c1. The number of alkyl carbamates (subject to hydrolysis) is 1. The van der Waals surface area contributed by atoms with Crippen LogP contribution in [0.4, 0.5) is 13.6 Å². The van der Waals surface area contributed by atoms with Crippen molar-refractivity contribution in [1.82, 2.24) is 20.2 Å². The van der Waals surface area contributed by atoms with Crippen molar-refractivity contribution in [2.75, 3.05) is 19.7 Å². The minimum absolute atomic E-state index is 0.147. The number of hydrogen-bond donors (Lipinski definition) is 2. The first-order valence-electron chi connectivity index (χ1n) is 14.7. The number of amides is 1. The van der Waals surface area contributed by atoms with Crippen molar-refractivity contribution in [3.05, 3.63) is 52.3 Å². The molecule has 3 aromatic rings. The molecule has 0 fully saturated rings. The Morgan fingerprint density at radius 2 is 1.75 bits per heavy atom. The van der Waals surface area contributed by atoms with Crippen molar-refractivity contribution < 1.29 is 27.8 Å². The van der Waals surface area contributed by atoms with Gasteiger partial charge in [-0.05, 0) is 72.9 Å². The first-order valence-corrected chi connectivity index (χ1v) is 19.6. The number of rotatable bonds is 13. The van der Waals surface area contributed by atoms with Gasteiger partial charge in [-0.2, -0.15) is 0 Å². The molecule has 3 rings (SSSR count). The third-order valence-corrected chi connectivity index (χ3v) is 8.47. The summed E-state index contributed by atoms with van der Waals surface area (Å²) in [5.74, 6) is -1.94. The van der Waals surface area contributed by atoms with E-state index in [9.17, 15) is 4.79 Å². The number of carbonyl (C=O) groups is 1. The van der Waals surface area contributed by atoms with Crippen LogP contribution in [-0.2, 0) is 22.6 Å². The number of thiocarbonyl (C=S) groups is 1. The lowest BCUT2D eigenvalue weighted by atomic mass is 10.1. The van der Waals surface area contributed by atoms with Gasteiger partial charge in [0.2, 0.25) is 0 Å². The molecule has 0 aliphatic rings. The summed E-state index contributed by atoms with van der Waals surface area (Å²) in [4.78, 5) is 16.5. The van der Waals surface area contributed by atoms with Gasteiger partial charge in [-0.15, -0.1) is 0 Å². The second kappa shape index (κ2) is 17.2. The Morgan fingerprint density at radius 1 is 1.11 bits per heavy atom.